The van der Waals surface area contributed by atoms with E-state index in [1.54, 1.807) is 31.7 Å². The fraction of sp³-hybridized carbons (Fsp3) is 0.500. The molecule has 0 saturated carbocycles. The van der Waals surface area contributed by atoms with Gasteiger partial charge in [0.25, 0.3) is 0 Å². The van der Waals surface area contributed by atoms with Crippen molar-refractivity contribution in [2.45, 2.75) is 31.2 Å². The lowest BCUT2D eigenvalue weighted by atomic mass is 9.93. The highest BCUT2D eigenvalue weighted by Gasteiger charge is 2.30. The van der Waals surface area contributed by atoms with E-state index < -0.39 is 5.41 Å². The zero-order chi connectivity index (χ0) is 14.0. The summed E-state index contributed by atoms with van der Waals surface area (Å²) in [5.74, 6) is 0.827. The van der Waals surface area contributed by atoms with Gasteiger partial charge in [-0.25, -0.2) is 4.39 Å². The van der Waals surface area contributed by atoms with Crippen molar-refractivity contribution in [3.63, 3.8) is 0 Å². The van der Waals surface area contributed by atoms with Crippen LogP contribution in [0.2, 0.25) is 0 Å². The maximum Gasteiger partial charge on any atom is 0.227 e. The SMILES string of the molecule is CC(C)(CCl)C(=O)NC1CCSc2ccc(F)cc21. The third kappa shape index (κ3) is 3.23. The third-order valence-electron chi connectivity index (χ3n) is 3.27. The van der Waals surface area contributed by atoms with Gasteiger partial charge in [-0.1, -0.05) is 0 Å². The molecular formula is C14H17ClFNOS. The highest BCUT2D eigenvalue weighted by Crippen LogP contribution is 2.37. The predicted molar refractivity (Wildman–Crippen MR) is 77.1 cm³/mol. The Balaban J connectivity index is 2.20. The summed E-state index contributed by atoms with van der Waals surface area (Å²) in [7, 11) is 0. The zero-order valence-electron chi connectivity index (χ0n) is 11.0. The lowest BCUT2D eigenvalue weighted by Gasteiger charge is -2.29. The van der Waals surface area contributed by atoms with Crippen molar-refractivity contribution < 1.29 is 9.18 Å². The van der Waals surface area contributed by atoms with E-state index in [-0.39, 0.29) is 23.6 Å². The van der Waals surface area contributed by atoms with Crippen molar-refractivity contribution in [1.29, 1.82) is 0 Å². The zero-order valence-corrected chi connectivity index (χ0v) is 12.6. The summed E-state index contributed by atoms with van der Waals surface area (Å²) in [6.45, 7) is 3.61. The van der Waals surface area contributed by atoms with Crippen LogP contribution in [0.1, 0.15) is 31.9 Å². The van der Waals surface area contributed by atoms with Gasteiger partial charge in [-0.15, -0.1) is 23.4 Å². The third-order valence-corrected chi connectivity index (χ3v) is 5.06. The molecule has 1 aliphatic heterocycles. The van der Waals surface area contributed by atoms with Gasteiger partial charge in [0.1, 0.15) is 5.82 Å². The van der Waals surface area contributed by atoms with Gasteiger partial charge >= 0.3 is 0 Å². The number of thioether (sulfide) groups is 1. The van der Waals surface area contributed by atoms with Crippen LogP contribution in [0, 0.1) is 11.2 Å². The van der Waals surface area contributed by atoms with Crippen LogP contribution in [0.4, 0.5) is 4.39 Å². The molecule has 0 saturated heterocycles. The minimum Gasteiger partial charge on any atom is -0.349 e. The molecule has 1 aliphatic rings. The van der Waals surface area contributed by atoms with Crippen LogP contribution in [0.15, 0.2) is 23.1 Å². The number of nitrogens with one attached hydrogen (secondary N) is 1. The molecule has 0 aliphatic carbocycles. The molecule has 0 spiro atoms. The number of carbonyl (C=O) groups is 1. The molecule has 0 bridgehead atoms. The maximum atomic E-state index is 13.4. The van der Waals surface area contributed by atoms with E-state index >= 15 is 0 Å². The van der Waals surface area contributed by atoms with Gasteiger partial charge in [-0.2, -0.15) is 0 Å². The fourth-order valence-corrected chi connectivity index (χ4v) is 3.16. The summed E-state index contributed by atoms with van der Waals surface area (Å²) in [6.07, 6.45) is 0.811. The largest absolute Gasteiger partial charge is 0.349 e. The molecule has 5 heteroatoms. The summed E-state index contributed by atoms with van der Waals surface area (Å²) < 4.78 is 13.4. The first kappa shape index (κ1) is 14.7. The van der Waals surface area contributed by atoms with Crippen molar-refractivity contribution in [3.8, 4) is 0 Å². The van der Waals surface area contributed by atoms with E-state index in [1.807, 2.05) is 0 Å². The van der Waals surface area contributed by atoms with Gasteiger partial charge < -0.3 is 5.32 Å². The van der Waals surface area contributed by atoms with Crippen molar-refractivity contribution >= 4 is 29.3 Å². The Kier molecular flexibility index (Phi) is 4.41. The fourth-order valence-electron chi connectivity index (χ4n) is 1.93. The Bertz CT molecular complexity index is 492. The van der Waals surface area contributed by atoms with Gasteiger partial charge in [0.15, 0.2) is 0 Å². The van der Waals surface area contributed by atoms with Crippen LogP contribution in [0.25, 0.3) is 0 Å². The van der Waals surface area contributed by atoms with E-state index in [4.69, 9.17) is 11.6 Å². The topological polar surface area (TPSA) is 29.1 Å². The van der Waals surface area contributed by atoms with E-state index in [1.165, 1.54) is 12.1 Å². The number of halogens is 2. The van der Waals surface area contributed by atoms with Crippen LogP contribution in [0.3, 0.4) is 0 Å². The number of rotatable bonds is 3. The average Bonchev–Trinajstić information content (AvgIpc) is 2.39. The lowest BCUT2D eigenvalue weighted by molar-refractivity contribution is -0.129. The molecule has 104 valence electrons. The first-order valence-corrected chi connectivity index (χ1v) is 7.75. The molecular weight excluding hydrogens is 285 g/mol. The number of hydrogen-bond acceptors (Lipinski definition) is 2. The van der Waals surface area contributed by atoms with Crippen molar-refractivity contribution in [3.05, 3.63) is 29.6 Å². The molecule has 0 aromatic heterocycles. The molecule has 1 aromatic rings. The van der Waals surface area contributed by atoms with Crippen LogP contribution in [-0.4, -0.2) is 17.5 Å². The maximum absolute atomic E-state index is 13.4. The molecule has 1 amide bonds. The minimum atomic E-state index is -0.611. The number of alkyl halides is 1. The summed E-state index contributed by atoms with van der Waals surface area (Å²) in [5, 5.41) is 2.99. The smallest absolute Gasteiger partial charge is 0.227 e. The molecule has 1 aromatic carbocycles. The first-order valence-electron chi connectivity index (χ1n) is 6.23. The van der Waals surface area contributed by atoms with E-state index in [9.17, 15) is 9.18 Å². The molecule has 1 atom stereocenters. The van der Waals surface area contributed by atoms with Crippen LogP contribution in [0.5, 0.6) is 0 Å². The molecule has 2 nitrogen and oxygen atoms in total. The number of carbonyl (C=O) groups excluding carboxylic acids is 1. The van der Waals surface area contributed by atoms with E-state index in [0.29, 0.717) is 0 Å². The molecule has 2 rings (SSSR count). The molecule has 0 fully saturated rings. The quantitative estimate of drug-likeness (QED) is 0.862. The van der Waals surface area contributed by atoms with Crippen molar-refractivity contribution in [2.24, 2.45) is 5.41 Å². The highest BCUT2D eigenvalue weighted by molar-refractivity contribution is 7.99. The van der Waals surface area contributed by atoms with Gasteiger partial charge in [0.05, 0.1) is 11.5 Å². The summed E-state index contributed by atoms with van der Waals surface area (Å²) >= 11 is 7.50. The molecule has 0 radical (unpaired) electrons. The lowest BCUT2D eigenvalue weighted by Crippen LogP contribution is -2.41. The number of amides is 1. The number of fused-ring (bicyclic) bond motifs is 1. The van der Waals surface area contributed by atoms with Crippen LogP contribution < -0.4 is 5.32 Å². The number of hydrogen-bond donors (Lipinski definition) is 1. The molecule has 1 unspecified atom stereocenters. The van der Waals surface area contributed by atoms with Crippen LogP contribution >= 0.6 is 23.4 Å². The Labute approximate surface area is 122 Å². The molecule has 1 N–H and O–H groups in total. The standard InChI is InChI=1S/C14H17ClFNOS/c1-14(2,8-15)13(18)17-11-5-6-19-12-4-3-9(16)7-10(11)12/h3-4,7,11H,5-6,8H2,1-2H3,(H,17,18). The number of benzene rings is 1. The monoisotopic (exact) mass is 301 g/mol. The second-order valence-corrected chi connectivity index (χ2v) is 6.77. The molecule has 19 heavy (non-hydrogen) atoms. The Morgan fingerprint density at radius 3 is 3.00 bits per heavy atom. The minimum absolute atomic E-state index is 0.0883. The second-order valence-electron chi connectivity index (χ2n) is 5.36. The summed E-state index contributed by atoms with van der Waals surface area (Å²) in [4.78, 5) is 13.2. The van der Waals surface area contributed by atoms with Gasteiger partial charge in [-0.3, -0.25) is 4.79 Å². The average molecular weight is 302 g/mol. The highest BCUT2D eigenvalue weighted by atomic mass is 35.5. The predicted octanol–water partition coefficient (Wildman–Crippen LogP) is 3.74. The first-order chi connectivity index (χ1) is 8.94. The van der Waals surface area contributed by atoms with Gasteiger partial charge in [0.2, 0.25) is 5.91 Å². The van der Waals surface area contributed by atoms with Gasteiger partial charge in [0, 0.05) is 16.5 Å². The van der Waals surface area contributed by atoms with E-state index in [0.717, 1.165) is 22.6 Å². The van der Waals surface area contributed by atoms with Crippen LogP contribution in [-0.2, 0) is 4.79 Å². The molecule has 1 heterocycles. The summed E-state index contributed by atoms with van der Waals surface area (Å²) in [5.41, 5.74) is 0.259. The van der Waals surface area contributed by atoms with Crippen molar-refractivity contribution in [2.75, 3.05) is 11.6 Å². The van der Waals surface area contributed by atoms with E-state index in [2.05, 4.69) is 5.32 Å². The van der Waals surface area contributed by atoms with Crippen molar-refractivity contribution in [1.82, 2.24) is 5.32 Å². The van der Waals surface area contributed by atoms with Gasteiger partial charge in [-0.05, 0) is 44.0 Å². The Morgan fingerprint density at radius 1 is 1.58 bits per heavy atom. The normalized spacial score (nSPS) is 18.8. The Hall–Kier alpha value is -0.740. The second kappa shape index (κ2) is 5.71. The Morgan fingerprint density at radius 2 is 2.32 bits per heavy atom. The summed E-state index contributed by atoms with van der Waals surface area (Å²) in [6, 6.07) is 4.63.